The maximum Gasteiger partial charge on any atom is 0.277 e. The highest BCUT2D eigenvalue weighted by Gasteiger charge is 2.11. The monoisotopic (exact) mass is 399 g/mol. The first kappa shape index (κ1) is 19.8. The Morgan fingerprint density at radius 3 is 2.46 bits per heavy atom. The number of nitrogens with one attached hydrogen (secondary N) is 1. The number of rotatable bonds is 8. The summed E-state index contributed by atoms with van der Waals surface area (Å²) in [4.78, 5) is 12.2. The number of amides is 1. The Hall–Kier alpha value is -3.00. The Balaban J connectivity index is 1.51. The normalized spacial score (nSPS) is 10.5. The predicted octanol–water partition coefficient (Wildman–Crippen LogP) is 3.72. The molecule has 0 bridgehead atoms. The van der Waals surface area contributed by atoms with Gasteiger partial charge in [0.25, 0.3) is 5.22 Å². The third kappa shape index (κ3) is 5.26. The van der Waals surface area contributed by atoms with Crippen LogP contribution in [-0.2, 0) is 11.2 Å². The molecule has 2 aromatic carbocycles. The highest BCUT2D eigenvalue weighted by molar-refractivity contribution is 7.99. The standard InChI is InChI=1S/C20H21N3O4S/c1-13-10-16(26-3)8-9-17(13)21-18(24)12-28-20-23-22-19(27-20)11-14-4-6-15(25-2)7-5-14/h4-10H,11-12H2,1-3H3,(H,21,24). The number of thioether (sulfide) groups is 1. The largest absolute Gasteiger partial charge is 0.497 e. The summed E-state index contributed by atoms with van der Waals surface area (Å²) in [6.45, 7) is 1.91. The summed E-state index contributed by atoms with van der Waals surface area (Å²) < 4.78 is 15.9. The number of anilines is 1. The second kappa shape index (κ2) is 9.27. The number of carbonyl (C=O) groups is 1. The quantitative estimate of drug-likeness (QED) is 0.578. The molecule has 1 heterocycles. The van der Waals surface area contributed by atoms with Crippen LogP contribution >= 0.6 is 11.8 Å². The summed E-state index contributed by atoms with van der Waals surface area (Å²) in [5, 5.41) is 11.3. The zero-order valence-electron chi connectivity index (χ0n) is 15.9. The number of benzene rings is 2. The number of nitrogens with zero attached hydrogens (tertiary/aromatic N) is 2. The van der Waals surface area contributed by atoms with E-state index in [1.807, 2.05) is 43.3 Å². The lowest BCUT2D eigenvalue weighted by atomic mass is 10.1. The van der Waals surface area contributed by atoms with E-state index < -0.39 is 0 Å². The molecule has 3 rings (SSSR count). The zero-order valence-corrected chi connectivity index (χ0v) is 16.7. The van der Waals surface area contributed by atoms with E-state index in [4.69, 9.17) is 13.9 Å². The molecule has 0 spiro atoms. The number of hydrogen-bond acceptors (Lipinski definition) is 7. The summed E-state index contributed by atoms with van der Waals surface area (Å²) in [7, 11) is 3.24. The van der Waals surface area contributed by atoms with Gasteiger partial charge in [-0.15, -0.1) is 10.2 Å². The van der Waals surface area contributed by atoms with Gasteiger partial charge in [-0.2, -0.15) is 0 Å². The Bertz CT molecular complexity index is 941. The van der Waals surface area contributed by atoms with Crippen molar-refractivity contribution in [3.63, 3.8) is 0 Å². The van der Waals surface area contributed by atoms with Gasteiger partial charge in [-0.05, 0) is 48.4 Å². The molecule has 1 aromatic heterocycles. The van der Waals surface area contributed by atoms with E-state index in [2.05, 4.69) is 15.5 Å². The van der Waals surface area contributed by atoms with E-state index in [9.17, 15) is 4.79 Å². The topological polar surface area (TPSA) is 86.5 Å². The first-order valence-corrected chi connectivity index (χ1v) is 9.58. The average molecular weight is 399 g/mol. The molecule has 0 saturated carbocycles. The van der Waals surface area contributed by atoms with Gasteiger partial charge in [0.2, 0.25) is 11.8 Å². The van der Waals surface area contributed by atoms with Crippen LogP contribution in [0.5, 0.6) is 11.5 Å². The van der Waals surface area contributed by atoms with E-state index in [1.54, 1.807) is 20.3 Å². The molecule has 1 N–H and O–H groups in total. The summed E-state index contributed by atoms with van der Waals surface area (Å²) >= 11 is 1.20. The predicted molar refractivity (Wildman–Crippen MR) is 107 cm³/mol. The van der Waals surface area contributed by atoms with Gasteiger partial charge < -0.3 is 19.2 Å². The van der Waals surface area contributed by atoms with Gasteiger partial charge in [-0.3, -0.25) is 4.79 Å². The Morgan fingerprint density at radius 1 is 1.07 bits per heavy atom. The van der Waals surface area contributed by atoms with Crippen molar-refractivity contribution >= 4 is 23.4 Å². The highest BCUT2D eigenvalue weighted by Crippen LogP contribution is 2.22. The lowest BCUT2D eigenvalue weighted by Crippen LogP contribution is -2.14. The third-order valence-electron chi connectivity index (χ3n) is 4.00. The SMILES string of the molecule is COc1ccc(Cc2nnc(SCC(=O)Nc3ccc(OC)cc3C)o2)cc1. The second-order valence-electron chi connectivity index (χ2n) is 6.00. The van der Waals surface area contributed by atoms with Crippen molar-refractivity contribution in [2.75, 3.05) is 25.3 Å². The van der Waals surface area contributed by atoms with Crippen LogP contribution < -0.4 is 14.8 Å². The molecular formula is C20H21N3O4S. The Labute approximate surface area is 167 Å². The van der Waals surface area contributed by atoms with Gasteiger partial charge in [0, 0.05) is 5.69 Å². The molecule has 0 radical (unpaired) electrons. The maximum atomic E-state index is 12.2. The van der Waals surface area contributed by atoms with Crippen LogP contribution in [0.4, 0.5) is 5.69 Å². The van der Waals surface area contributed by atoms with Crippen molar-refractivity contribution in [3.8, 4) is 11.5 Å². The van der Waals surface area contributed by atoms with Crippen molar-refractivity contribution in [1.29, 1.82) is 0 Å². The zero-order chi connectivity index (χ0) is 19.9. The van der Waals surface area contributed by atoms with Crippen molar-refractivity contribution in [2.45, 2.75) is 18.6 Å². The van der Waals surface area contributed by atoms with Gasteiger partial charge >= 0.3 is 0 Å². The number of hydrogen-bond donors (Lipinski definition) is 1. The molecule has 28 heavy (non-hydrogen) atoms. The first-order chi connectivity index (χ1) is 13.6. The van der Waals surface area contributed by atoms with Crippen LogP contribution in [-0.4, -0.2) is 36.1 Å². The first-order valence-electron chi connectivity index (χ1n) is 8.60. The molecule has 0 aliphatic heterocycles. The summed E-state index contributed by atoms with van der Waals surface area (Å²) in [6, 6.07) is 13.1. The van der Waals surface area contributed by atoms with Crippen molar-refractivity contribution < 1.29 is 18.7 Å². The Kier molecular flexibility index (Phi) is 6.54. The fourth-order valence-electron chi connectivity index (χ4n) is 2.50. The van der Waals surface area contributed by atoms with Crippen LogP contribution in [0.3, 0.4) is 0 Å². The molecule has 0 aliphatic rings. The van der Waals surface area contributed by atoms with Crippen LogP contribution in [0, 0.1) is 6.92 Å². The van der Waals surface area contributed by atoms with Gasteiger partial charge in [0.05, 0.1) is 26.4 Å². The van der Waals surface area contributed by atoms with Crippen LogP contribution in [0.2, 0.25) is 0 Å². The summed E-state index contributed by atoms with van der Waals surface area (Å²) in [5.41, 5.74) is 2.71. The number of carbonyl (C=O) groups excluding carboxylic acids is 1. The lowest BCUT2D eigenvalue weighted by molar-refractivity contribution is -0.113. The maximum absolute atomic E-state index is 12.2. The van der Waals surface area contributed by atoms with Crippen molar-refractivity contribution in [2.24, 2.45) is 0 Å². The van der Waals surface area contributed by atoms with Gasteiger partial charge in [-0.1, -0.05) is 23.9 Å². The van der Waals surface area contributed by atoms with Crippen molar-refractivity contribution in [3.05, 3.63) is 59.5 Å². The summed E-state index contributed by atoms with van der Waals surface area (Å²) in [5.74, 6) is 2.08. The molecule has 0 aliphatic carbocycles. The minimum absolute atomic E-state index is 0.145. The van der Waals surface area contributed by atoms with Gasteiger partial charge in [0.1, 0.15) is 11.5 Å². The fourth-order valence-corrected chi connectivity index (χ4v) is 3.08. The fraction of sp³-hybridized carbons (Fsp3) is 0.250. The van der Waals surface area contributed by atoms with Crippen molar-refractivity contribution in [1.82, 2.24) is 10.2 Å². The molecule has 146 valence electrons. The Morgan fingerprint density at radius 2 is 1.79 bits per heavy atom. The number of ether oxygens (including phenoxy) is 2. The number of aryl methyl sites for hydroxylation is 1. The molecule has 0 atom stereocenters. The third-order valence-corrected chi connectivity index (χ3v) is 4.82. The molecule has 0 fully saturated rings. The van der Waals surface area contributed by atoms with Gasteiger partial charge in [-0.25, -0.2) is 0 Å². The smallest absolute Gasteiger partial charge is 0.277 e. The van der Waals surface area contributed by atoms with E-state index in [0.29, 0.717) is 17.5 Å². The van der Waals surface area contributed by atoms with E-state index in [1.165, 1.54) is 11.8 Å². The molecule has 3 aromatic rings. The molecule has 8 heteroatoms. The molecular weight excluding hydrogens is 378 g/mol. The van der Waals surface area contributed by atoms with Crippen LogP contribution in [0.1, 0.15) is 17.0 Å². The molecule has 7 nitrogen and oxygen atoms in total. The van der Waals surface area contributed by atoms with Gasteiger partial charge in [0.15, 0.2) is 0 Å². The highest BCUT2D eigenvalue weighted by atomic mass is 32.2. The minimum atomic E-state index is -0.145. The molecule has 0 unspecified atom stereocenters. The second-order valence-corrected chi connectivity index (χ2v) is 6.93. The van der Waals surface area contributed by atoms with E-state index in [-0.39, 0.29) is 11.7 Å². The van der Waals surface area contributed by atoms with Crippen LogP contribution in [0.15, 0.2) is 52.1 Å². The van der Waals surface area contributed by atoms with Crippen LogP contribution in [0.25, 0.3) is 0 Å². The van der Waals surface area contributed by atoms with E-state index in [0.717, 1.165) is 28.3 Å². The molecule has 0 saturated heterocycles. The molecule has 1 amide bonds. The average Bonchev–Trinajstić information content (AvgIpc) is 3.16. The lowest BCUT2D eigenvalue weighted by Gasteiger charge is -2.09. The number of aromatic nitrogens is 2. The minimum Gasteiger partial charge on any atom is -0.497 e. The number of methoxy groups -OCH3 is 2. The summed E-state index contributed by atoms with van der Waals surface area (Å²) in [6.07, 6.45) is 0.523. The van der Waals surface area contributed by atoms with E-state index >= 15 is 0 Å².